The van der Waals surface area contributed by atoms with Crippen LogP contribution in [0.5, 0.6) is 0 Å². The zero-order valence-electron chi connectivity index (χ0n) is 22.1. The largest absolute Gasteiger partial charge is 0.456 e. The van der Waals surface area contributed by atoms with E-state index in [2.05, 4.69) is 95.9 Å². The summed E-state index contributed by atoms with van der Waals surface area (Å²) in [5.74, 6) is 0.612. The van der Waals surface area contributed by atoms with Crippen LogP contribution in [0.4, 0.5) is 17.1 Å². The van der Waals surface area contributed by atoms with Gasteiger partial charge in [0.15, 0.2) is 5.58 Å². The lowest BCUT2D eigenvalue weighted by atomic mass is 10.0. The molecule has 2 aromatic heterocycles. The van der Waals surface area contributed by atoms with E-state index in [0.717, 1.165) is 66.8 Å². The SMILES string of the molecule is c1ccc(-c2nc3cc4oc5cc(-c6ccc(N(c7ccccc7)c7ccccc7)cc6)ccc5c4cc3o2)cc1. The molecule has 8 rings (SSSR count). The number of para-hydroxylation sites is 2. The number of oxazole rings is 1. The van der Waals surface area contributed by atoms with Gasteiger partial charge in [-0.1, -0.05) is 72.8 Å². The molecule has 0 spiro atoms. The van der Waals surface area contributed by atoms with Crippen molar-refractivity contribution in [2.24, 2.45) is 0 Å². The van der Waals surface area contributed by atoms with Gasteiger partial charge >= 0.3 is 0 Å². The highest BCUT2D eigenvalue weighted by atomic mass is 16.4. The zero-order chi connectivity index (χ0) is 27.2. The highest BCUT2D eigenvalue weighted by molar-refractivity contribution is 6.09. The van der Waals surface area contributed by atoms with Crippen LogP contribution in [0.2, 0.25) is 0 Å². The molecule has 0 saturated carbocycles. The molecule has 0 unspecified atom stereocenters. The summed E-state index contributed by atoms with van der Waals surface area (Å²) in [5, 5.41) is 2.07. The third kappa shape index (κ3) is 4.14. The van der Waals surface area contributed by atoms with Crippen LogP contribution in [-0.4, -0.2) is 4.98 Å². The van der Waals surface area contributed by atoms with Gasteiger partial charge in [0.2, 0.25) is 5.89 Å². The van der Waals surface area contributed by atoms with Gasteiger partial charge < -0.3 is 13.7 Å². The molecule has 4 heteroatoms. The Labute approximate surface area is 236 Å². The third-order valence-corrected chi connectivity index (χ3v) is 7.49. The lowest BCUT2D eigenvalue weighted by molar-refractivity contribution is 0.620. The number of fused-ring (bicyclic) bond motifs is 4. The molecule has 4 nitrogen and oxygen atoms in total. The summed E-state index contributed by atoms with van der Waals surface area (Å²) in [7, 11) is 0. The quantitative estimate of drug-likeness (QED) is 0.223. The van der Waals surface area contributed by atoms with Crippen molar-refractivity contribution < 1.29 is 8.83 Å². The average molecular weight is 529 g/mol. The highest BCUT2D eigenvalue weighted by Crippen LogP contribution is 2.38. The summed E-state index contributed by atoms with van der Waals surface area (Å²) in [4.78, 5) is 6.97. The van der Waals surface area contributed by atoms with Crippen LogP contribution < -0.4 is 4.90 Å². The molecule has 2 heterocycles. The van der Waals surface area contributed by atoms with Gasteiger partial charge in [0.25, 0.3) is 0 Å². The summed E-state index contributed by atoms with van der Waals surface area (Å²) in [5.41, 5.74) is 9.69. The predicted octanol–water partition coefficient (Wildman–Crippen LogP) is 10.5. The van der Waals surface area contributed by atoms with Gasteiger partial charge in [-0.15, -0.1) is 0 Å². The first kappa shape index (κ1) is 23.3. The van der Waals surface area contributed by atoms with E-state index in [1.54, 1.807) is 0 Å². The first-order chi connectivity index (χ1) is 20.3. The molecule has 41 heavy (non-hydrogen) atoms. The second-order valence-corrected chi connectivity index (χ2v) is 10.1. The van der Waals surface area contributed by atoms with E-state index in [4.69, 9.17) is 13.8 Å². The summed E-state index contributed by atoms with van der Waals surface area (Å²) >= 11 is 0. The number of aromatic nitrogens is 1. The van der Waals surface area contributed by atoms with E-state index < -0.39 is 0 Å². The number of anilines is 3. The first-order valence-electron chi connectivity index (χ1n) is 13.6. The van der Waals surface area contributed by atoms with Crippen LogP contribution in [0.1, 0.15) is 0 Å². The van der Waals surface area contributed by atoms with Crippen molar-refractivity contribution in [1.82, 2.24) is 4.98 Å². The average Bonchev–Trinajstić information content (AvgIpc) is 3.62. The van der Waals surface area contributed by atoms with E-state index in [1.807, 2.05) is 54.6 Å². The number of rotatable bonds is 5. The molecule has 0 aliphatic heterocycles. The van der Waals surface area contributed by atoms with Gasteiger partial charge in [-0.2, -0.15) is 0 Å². The minimum absolute atomic E-state index is 0.612. The van der Waals surface area contributed by atoms with Crippen LogP contribution in [0, 0.1) is 0 Å². The third-order valence-electron chi connectivity index (χ3n) is 7.49. The topological polar surface area (TPSA) is 42.4 Å². The van der Waals surface area contributed by atoms with E-state index in [-0.39, 0.29) is 0 Å². The molecule has 0 aliphatic carbocycles. The summed E-state index contributed by atoms with van der Waals surface area (Å²) in [6.07, 6.45) is 0. The Morgan fingerprint density at radius 1 is 0.415 bits per heavy atom. The Hall–Kier alpha value is -5.61. The fourth-order valence-electron chi connectivity index (χ4n) is 5.49. The van der Waals surface area contributed by atoms with Crippen molar-refractivity contribution >= 4 is 50.1 Å². The molecule has 0 fully saturated rings. The van der Waals surface area contributed by atoms with E-state index in [0.29, 0.717) is 5.89 Å². The molecule has 0 N–H and O–H groups in total. The number of hydrogen-bond acceptors (Lipinski definition) is 4. The van der Waals surface area contributed by atoms with Crippen molar-refractivity contribution in [3.05, 3.63) is 146 Å². The van der Waals surface area contributed by atoms with E-state index in [1.165, 1.54) is 0 Å². The van der Waals surface area contributed by atoms with Crippen LogP contribution >= 0.6 is 0 Å². The number of nitrogens with zero attached hydrogens (tertiary/aromatic N) is 2. The minimum Gasteiger partial charge on any atom is -0.456 e. The zero-order valence-corrected chi connectivity index (χ0v) is 22.1. The van der Waals surface area contributed by atoms with Crippen LogP contribution in [0.25, 0.3) is 55.6 Å². The molecule has 0 amide bonds. The Kier molecular flexibility index (Phi) is 5.42. The Bertz CT molecular complexity index is 2090. The van der Waals surface area contributed by atoms with Crippen LogP contribution in [0.15, 0.2) is 154 Å². The number of hydrogen-bond donors (Lipinski definition) is 0. The van der Waals surface area contributed by atoms with Gasteiger partial charge in [0.1, 0.15) is 16.7 Å². The van der Waals surface area contributed by atoms with Crippen molar-refractivity contribution in [3.8, 4) is 22.6 Å². The van der Waals surface area contributed by atoms with E-state index in [9.17, 15) is 0 Å². The van der Waals surface area contributed by atoms with Gasteiger partial charge in [-0.25, -0.2) is 4.98 Å². The van der Waals surface area contributed by atoms with Crippen molar-refractivity contribution in [3.63, 3.8) is 0 Å². The minimum atomic E-state index is 0.612. The van der Waals surface area contributed by atoms with Crippen molar-refractivity contribution in [2.75, 3.05) is 4.90 Å². The summed E-state index contributed by atoms with van der Waals surface area (Å²) < 4.78 is 12.4. The lowest BCUT2D eigenvalue weighted by Crippen LogP contribution is -2.09. The molecule has 194 valence electrons. The predicted molar refractivity (Wildman–Crippen MR) is 167 cm³/mol. The monoisotopic (exact) mass is 528 g/mol. The Balaban J connectivity index is 1.15. The molecule has 0 aliphatic rings. The molecule has 8 aromatic rings. The van der Waals surface area contributed by atoms with Gasteiger partial charge in [-0.05, 0) is 77.9 Å². The number of furan rings is 1. The number of benzene rings is 6. The Morgan fingerprint density at radius 3 is 1.68 bits per heavy atom. The summed E-state index contributed by atoms with van der Waals surface area (Å²) in [6, 6.07) is 49.9. The van der Waals surface area contributed by atoms with Gasteiger partial charge in [0.05, 0.1) is 0 Å². The van der Waals surface area contributed by atoms with Gasteiger partial charge in [0, 0.05) is 39.5 Å². The first-order valence-corrected chi connectivity index (χ1v) is 13.6. The van der Waals surface area contributed by atoms with Gasteiger partial charge in [-0.3, -0.25) is 0 Å². The molecule has 0 atom stereocenters. The maximum atomic E-state index is 6.33. The molecule has 0 bridgehead atoms. The fraction of sp³-hybridized carbons (Fsp3) is 0. The maximum absolute atomic E-state index is 6.33. The second kappa shape index (κ2) is 9.54. The van der Waals surface area contributed by atoms with Crippen LogP contribution in [0.3, 0.4) is 0 Å². The van der Waals surface area contributed by atoms with Crippen molar-refractivity contribution in [2.45, 2.75) is 0 Å². The molecular formula is C37H24N2O2. The molecule has 0 radical (unpaired) electrons. The molecular weight excluding hydrogens is 504 g/mol. The molecule has 6 aromatic carbocycles. The van der Waals surface area contributed by atoms with Crippen LogP contribution in [-0.2, 0) is 0 Å². The summed E-state index contributed by atoms with van der Waals surface area (Å²) in [6.45, 7) is 0. The second-order valence-electron chi connectivity index (χ2n) is 10.1. The molecule has 0 saturated heterocycles. The highest BCUT2D eigenvalue weighted by Gasteiger charge is 2.15. The normalized spacial score (nSPS) is 11.4. The van der Waals surface area contributed by atoms with E-state index >= 15 is 0 Å². The fourth-order valence-corrected chi connectivity index (χ4v) is 5.49. The standard InChI is InChI=1S/C37H24N2O2/c1-4-10-26(11-5-1)37-38-33-24-35-32(23-36(33)41-37)31-21-18-27(22-34(31)40-35)25-16-19-30(20-17-25)39(28-12-6-2-7-13-28)29-14-8-3-9-15-29/h1-24H. The lowest BCUT2D eigenvalue weighted by Gasteiger charge is -2.25. The van der Waals surface area contributed by atoms with Crippen molar-refractivity contribution in [1.29, 1.82) is 0 Å². The Morgan fingerprint density at radius 2 is 1.00 bits per heavy atom. The maximum Gasteiger partial charge on any atom is 0.227 e. The smallest absolute Gasteiger partial charge is 0.227 e.